The van der Waals surface area contributed by atoms with Crippen LogP contribution in [-0.2, 0) is 9.59 Å². The second-order valence-corrected chi connectivity index (χ2v) is 6.22. The summed E-state index contributed by atoms with van der Waals surface area (Å²) in [6.45, 7) is 2.46. The average Bonchev–Trinajstić information content (AvgIpc) is 2.55. The lowest BCUT2D eigenvalue weighted by molar-refractivity contribution is -0.136. The molecular formula is C20H35NO3. The van der Waals surface area contributed by atoms with E-state index in [4.69, 9.17) is 5.11 Å². The molecule has 4 heteroatoms. The van der Waals surface area contributed by atoms with Crippen LogP contribution >= 0.6 is 0 Å². The molecule has 0 aromatic rings. The van der Waals surface area contributed by atoms with Crippen molar-refractivity contribution < 1.29 is 14.7 Å². The Morgan fingerprint density at radius 1 is 0.875 bits per heavy atom. The lowest BCUT2D eigenvalue weighted by Crippen LogP contribution is -2.25. The van der Waals surface area contributed by atoms with Gasteiger partial charge < -0.3 is 10.4 Å². The fourth-order valence-corrected chi connectivity index (χ4v) is 2.38. The molecule has 0 aliphatic heterocycles. The van der Waals surface area contributed by atoms with Gasteiger partial charge in [-0.25, -0.2) is 0 Å². The van der Waals surface area contributed by atoms with Crippen molar-refractivity contribution in [1.82, 2.24) is 5.32 Å². The predicted molar refractivity (Wildman–Crippen MR) is 99.0 cm³/mol. The second-order valence-electron chi connectivity index (χ2n) is 6.22. The Morgan fingerprint density at radius 3 is 2.08 bits per heavy atom. The minimum Gasteiger partial charge on any atom is -0.481 e. The van der Waals surface area contributed by atoms with Gasteiger partial charge in [-0.15, -0.1) is 5.73 Å². The Hall–Kier alpha value is -1.54. The number of carbonyl (C=O) groups excluding carboxylic acids is 1. The number of nitrogens with one attached hydrogen (secondary N) is 1. The van der Waals surface area contributed by atoms with E-state index in [0.29, 0.717) is 6.42 Å². The van der Waals surface area contributed by atoms with Crippen molar-refractivity contribution in [2.75, 3.05) is 6.54 Å². The number of aliphatic carboxylic acids is 1. The number of carboxylic acid groups (broad SMARTS) is 1. The zero-order valence-electron chi connectivity index (χ0n) is 15.3. The van der Waals surface area contributed by atoms with Gasteiger partial charge >= 0.3 is 5.97 Å². The molecule has 0 unspecified atom stereocenters. The van der Waals surface area contributed by atoms with Crippen molar-refractivity contribution in [2.45, 2.75) is 90.4 Å². The van der Waals surface area contributed by atoms with Crippen molar-refractivity contribution >= 4 is 11.9 Å². The lowest BCUT2D eigenvalue weighted by Gasteiger charge is -2.03. The molecule has 24 heavy (non-hydrogen) atoms. The maximum absolute atomic E-state index is 11.4. The van der Waals surface area contributed by atoms with Crippen LogP contribution in [0, 0.1) is 0 Å². The predicted octanol–water partition coefficient (Wildman–Crippen LogP) is 4.99. The summed E-state index contributed by atoms with van der Waals surface area (Å²) in [5, 5.41) is 11.1. The monoisotopic (exact) mass is 337 g/mol. The Bertz CT molecular complexity index is 384. The van der Waals surface area contributed by atoms with Crippen LogP contribution in [-0.4, -0.2) is 23.5 Å². The lowest BCUT2D eigenvalue weighted by atomic mass is 10.1. The first-order valence-corrected chi connectivity index (χ1v) is 9.54. The molecule has 1 amide bonds. The quantitative estimate of drug-likeness (QED) is 0.308. The summed E-state index contributed by atoms with van der Waals surface area (Å²) in [6, 6.07) is 0. The maximum atomic E-state index is 11.4. The highest BCUT2D eigenvalue weighted by atomic mass is 16.4. The van der Waals surface area contributed by atoms with E-state index >= 15 is 0 Å². The summed E-state index contributed by atoms with van der Waals surface area (Å²) in [4.78, 5) is 21.7. The highest BCUT2D eigenvalue weighted by Crippen LogP contribution is 2.07. The molecule has 4 nitrogen and oxygen atoms in total. The van der Waals surface area contributed by atoms with Gasteiger partial charge in [0.2, 0.25) is 5.91 Å². The van der Waals surface area contributed by atoms with Crippen LogP contribution in [0.4, 0.5) is 0 Å². The topological polar surface area (TPSA) is 66.4 Å². The summed E-state index contributed by atoms with van der Waals surface area (Å²) in [5.74, 6) is -0.918. The number of hydrogen-bond donors (Lipinski definition) is 2. The molecule has 0 aliphatic carbocycles. The summed E-state index contributed by atoms with van der Waals surface area (Å²) >= 11 is 0. The first-order valence-electron chi connectivity index (χ1n) is 9.54. The van der Waals surface area contributed by atoms with Gasteiger partial charge in [-0.3, -0.25) is 9.59 Å². The molecule has 0 saturated carbocycles. The molecule has 0 saturated heterocycles. The molecule has 0 radical (unpaired) electrons. The summed E-state index contributed by atoms with van der Waals surface area (Å²) in [7, 11) is 0. The highest BCUT2D eigenvalue weighted by Gasteiger charge is 2.02. The number of hydrogen-bond acceptors (Lipinski definition) is 2. The fraction of sp³-hybridized carbons (Fsp3) is 0.750. The second kappa shape index (κ2) is 17.8. The standard InChI is InChI=1S/C20H35NO3/c1-2-3-4-5-6-7-8-9-10-11-12-13-14-15-16-19(22)21-18-17-20(23)24/h7,9H,2-6,10-18H2,1H3,(H,21,22)(H,23,24). The van der Waals surface area contributed by atoms with E-state index in [-0.39, 0.29) is 18.9 Å². The summed E-state index contributed by atoms with van der Waals surface area (Å²) < 4.78 is 0. The first-order chi connectivity index (χ1) is 11.7. The third-order valence-electron chi connectivity index (χ3n) is 3.85. The van der Waals surface area contributed by atoms with Crippen LogP contribution in [0.5, 0.6) is 0 Å². The van der Waals surface area contributed by atoms with E-state index in [1.54, 1.807) is 0 Å². The molecule has 0 aromatic heterocycles. The Kier molecular flexibility index (Phi) is 16.7. The van der Waals surface area contributed by atoms with Crippen molar-refractivity contribution in [3.8, 4) is 0 Å². The summed E-state index contributed by atoms with van der Waals surface area (Å²) in [6.07, 6.45) is 17.7. The Morgan fingerprint density at radius 2 is 1.46 bits per heavy atom. The molecular weight excluding hydrogens is 302 g/mol. The Balaban J connectivity index is 3.31. The van der Waals surface area contributed by atoms with Gasteiger partial charge in [0.1, 0.15) is 0 Å². The number of amides is 1. The molecule has 0 fully saturated rings. The minimum atomic E-state index is -0.879. The van der Waals surface area contributed by atoms with E-state index in [1.807, 2.05) is 0 Å². The Labute approximate surface area is 147 Å². The average molecular weight is 338 g/mol. The number of unbranched alkanes of at least 4 members (excludes halogenated alkanes) is 9. The van der Waals surface area contributed by atoms with Gasteiger partial charge in [-0.05, 0) is 44.3 Å². The van der Waals surface area contributed by atoms with E-state index in [9.17, 15) is 9.59 Å². The highest BCUT2D eigenvalue weighted by molar-refractivity contribution is 5.76. The fourth-order valence-electron chi connectivity index (χ4n) is 2.38. The number of carboxylic acids is 1. The molecule has 138 valence electrons. The number of carbonyl (C=O) groups is 2. The van der Waals surface area contributed by atoms with E-state index < -0.39 is 5.97 Å². The first kappa shape index (κ1) is 22.5. The smallest absolute Gasteiger partial charge is 0.305 e. The van der Waals surface area contributed by atoms with Crippen LogP contribution in [0.15, 0.2) is 17.9 Å². The number of rotatable bonds is 16. The zero-order chi connectivity index (χ0) is 17.9. The van der Waals surface area contributed by atoms with Gasteiger partial charge in [0.05, 0.1) is 6.42 Å². The molecule has 0 aromatic carbocycles. The van der Waals surface area contributed by atoms with Gasteiger partial charge in [-0.2, -0.15) is 0 Å². The minimum absolute atomic E-state index is 0.00750. The molecule has 0 atom stereocenters. The van der Waals surface area contributed by atoms with Crippen molar-refractivity contribution in [3.63, 3.8) is 0 Å². The molecule has 0 aliphatic rings. The van der Waals surface area contributed by atoms with Crippen LogP contribution < -0.4 is 5.32 Å². The number of allylic oxidation sites excluding steroid dienone is 1. The molecule has 0 spiro atoms. The maximum Gasteiger partial charge on any atom is 0.305 e. The van der Waals surface area contributed by atoms with Gasteiger partial charge in [0.25, 0.3) is 0 Å². The third-order valence-corrected chi connectivity index (χ3v) is 3.85. The summed E-state index contributed by atoms with van der Waals surface area (Å²) in [5.41, 5.74) is 3.26. The van der Waals surface area contributed by atoms with E-state index in [2.05, 4.69) is 30.1 Å². The van der Waals surface area contributed by atoms with Crippen LogP contribution in [0.2, 0.25) is 0 Å². The van der Waals surface area contributed by atoms with Crippen LogP contribution in [0.1, 0.15) is 90.4 Å². The molecule has 0 bridgehead atoms. The van der Waals surface area contributed by atoms with Gasteiger partial charge in [0.15, 0.2) is 0 Å². The van der Waals surface area contributed by atoms with Gasteiger partial charge in [-0.1, -0.05) is 45.4 Å². The largest absolute Gasteiger partial charge is 0.481 e. The SMILES string of the molecule is CCCCCCC=C=CCCCCCCCC(=O)NCCC(=O)O. The van der Waals surface area contributed by atoms with Crippen LogP contribution in [0.25, 0.3) is 0 Å². The van der Waals surface area contributed by atoms with Crippen molar-refractivity contribution in [3.05, 3.63) is 17.9 Å². The molecule has 0 rings (SSSR count). The molecule has 0 heterocycles. The van der Waals surface area contributed by atoms with Crippen molar-refractivity contribution in [1.29, 1.82) is 0 Å². The third kappa shape index (κ3) is 18.5. The van der Waals surface area contributed by atoms with E-state index in [1.165, 1.54) is 38.5 Å². The van der Waals surface area contributed by atoms with Gasteiger partial charge in [0, 0.05) is 13.0 Å². The normalized spacial score (nSPS) is 10.0. The van der Waals surface area contributed by atoms with Crippen molar-refractivity contribution in [2.24, 2.45) is 0 Å². The van der Waals surface area contributed by atoms with Crippen LogP contribution in [0.3, 0.4) is 0 Å². The van der Waals surface area contributed by atoms with E-state index in [0.717, 1.165) is 32.1 Å². The zero-order valence-corrected chi connectivity index (χ0v) is 15.3. The molecule has 2 N–H and O–H groups in total.